The molecule has 2 amide bonds. The van der Waals surface area contributed by atoms with Gasteiger partial charge in [0.25, 0.3) is 5.24 Å². The monoisotopic (exact) mass is 248 g/mol. The van der Waals surface area contributed by atoms with Crippen LogP contribution in [0.1, 0.15) is 0 Å². The molecule has 1 fully saturated rings. The summed E-state index contributed by atoms with van der Waals surface area (Å²) in [5.74, 6) is 0.108. The Kier molecular flexibility index (Phi) is 6.39. The van der Waals surface area contributed by atoms with Crippen molar-refractivity contribution in [1.82, 2.24) is 4.90 Å². The molecule has 1 aliphatic heterocycles. The van der Waals surface area contributed by atoms with Crippen molar-refractivity contribution in [2.24, 2.45) is 5.73 Å². The molecular weight excluding hydrogens is 232 g/mol. The van der Waals surface area contributed by atoms with E-state index in [1.54, 1.807) is 0 Å². The maximum Gasteiger partial charge on any atom is 0.288 e. The maximum absolute atomic E-state index is 11.2. The minimum absolute atomic E-state index is 0.141. The molecule has 6 nitrogen and oxygen atoms in total. The van der Waals surface area contributed by atoms with Gasteiger partial charge in [0, 0.05) is 6.54 Å². The van der Waals surface area contributed by atoms with Crippen LogP contribution in [0.3, 0.4) is 0 Å². The van der Waals surface area contributed by atoms with Crippen LogP contribution in [-0.2, 0) is 14.3 Å². The Balaban J connectivity index is 1.98. The highest BCUT2D eigenvalue weighted by Crippen LogP contribution is 2.17. The quantitative estimate of drug-likeness (QED) is 0.592. The molecule has 0 aliphatic carbocycles. The molecule has 0 bridgehead atoms. The Bertz CT molecular complexity index is 234. The van der Waals surface area contributed by atoms with E-state index in [1.165, 1.54) is 4.90 Å². The first-order chi connectivity index (χ1) is 7.75. The molecule has 1 rings (SSSR count). The van der Waals surface area contributed by atoms with Crippen molar-refractivity contribution in [3.05, 3.63) is 0 Å². The summed E-state index contributed by atoms with van der Waals surface area (Å²) in [4.78, 5) is 23.6. The third-order valence-corrected chi connectivity index (χ3v) is 2.79. The summed E-state index contributed by atoms with van der Waals surface area (Å²) in [5, 5.41) is -0.187. The number of hydrogen-bond acceptors (Lipinski definition) is 6. The summed E-state index contributed by atoms with van der Waals surface area (Å²) >= 11 is 1.03. The van der Waals surface area contributed by atoms with Crippen molar-refractivity contribution in [3.63, 3.8) is 0 Å². The molecule has 0 spiro atoms. The van der Waals surface area contributed by atoms with Crippen molar-refractivity contribution in [3.8, 4) is 0 Å². The normalized spacial score (nSPS) is 16.2. The number of carbonyl (C=O) groups is 2. The van der Waals surface area contributed by atoms with Crippen molar-refractivity contribution >= 4 is 22.9 Å². The number of imide groups is 1. The van der Waals surface area contributed by atoms with Gasteiger partial charge < -0.3 is 15.2 Å². The number of carbonyl (C=O) groups excluding carboxylic acids is 2. The molecule has 0 saturated carbocycles. The molecule has 1 heterocycles. The summed E-state index contributed by atoms with van der Waals surface area (Å²) in [5.41, 5.74) is 5.23. The predicted molar refractivity (Wildman–Crippen MR) is 60.3 cm³/mol. The Labute approximate surface area is 98.4 Å². The van der Waals surface area contributed by atoms with Crippen LogP contribution in [0.5, 0.6) is 0 Å². The standard InChI is InChI=1S/C9H16N2O4S/c10-1-3-14-5-6-15-4-2-11-8(12)7-16-9(11)13/h1-7,10H2. The van der Waals surface area contributed by atoms with E-state index in [9.17, 15) is 9.59 Å². The largest absolute Gasteiger partial charge is 0.378 e. The van der Waals surface area contributed by atoms with E-state index in [4.69, 9.17) is 15.2 Å². The fraction of sp³-hybridized carbons (Fsp3) is 0.778. The van der Waals surface area contributed by atoms with Crippen molar-refractivity contribution in [2.45, 2.75) is 0 Å². The number of rotatable bonds is 8. The van der Waals surface area contributed by atoms with Crippen LogP contribution >= 0.6 is 11.8 Å². The zero-order valence-corrected chi connectivity index (χ0v) is 9.83. The van der Waals surface area contributed by atoms with Gasteiger partial charge in [-0.3, -0.25) is 14.5 Å². The number of amides is 2. The van der Waals surface area contributed by atoms with Crippen LogP contribution in [0, 0.1) is 0 Å². The first-order valence-electron chi connectivity index (χ1n) is 5.08. The summed E-state index contributed by atoms with van der Waals surface area (Å²) < 4.78 is 10.3. The van der Waals surface area contributed by atoms with Crippen molar-refractivity contribution in [1.29, 1.82) is 0 Å². The van der Waals surface area contributed by atoms with Gasteiger partial charge in [0.15, 0.2) is 0 Å². The SMILES string of the molecule is NCCOCCOCCN1C(=O)CSC1=O. The summed E-state index contributed by atoms with van der Waals surface area (Å²) in [6.07, 6.45) is 0. The third-order valence-electron chi connectivity index (χ3n) is 1.93. The van der Waals surface area contributed by atoms with E-state index >= 15 is 0 Å². The first kappa shape index (κ1) is 13.4. The number of ether oxygens (including phenoxy) is 2. The molecular formula is C9H16N2O4S. The van der Waals surface area contributed by atoms with Gasteiger partial charge in [0.05, 0.1) is 38.7 Å². The molecule has 0 aromatic rings. The summed E-state index contributed by atoms with van der Waals surface area (Å²) in [6, 6.07) is 0. The Morgan fingerprint density at radius 1 is 1.19 bits per heavy atom. The molecule has 1 aliphatic rings. The van der Waals surface area contributed by atoms with E-state index in [1.807, 2.05) is 0 Å². The van der Waals surface area contributed by atoms with Gasteiger partial charge in [-0.05, 0) is 0 Å². The Hall–Kier alpha value is -0.630. The summed E-state index contributed by atoms with van der Waals surface area (Å²) in [6.45, 7) is 2.61. The minimum atomic E-state index is -0.187. The van der Waals surface area contributed by atoms with Crippen molar-refractivity contribution in [2.75, 3.05) is 45.3 Å². The zero-order valence-electron chi connectivity index (χ0n) is 9.02. The minimum Gasteiger partial charge on any atom is -0.378 e. The van der Waals surface area contributed by atoms with E-state index in [0.717, 1.165) is 11.8 Å². The van der Waals surface area contributed by atoms with Gasteiger partial charge in [-0.15, -0.1) is 0 Å². The van der Waals surface area contributed by atoms with Gasteiger partial charge in [0.1, 0.15) is 0 Å². The predicted octanol–water partition coefficient (Wildman–Crippen LogP) is -0.326. The fourth-order valence-corrected chi connectivity index (χ4v) is 1.91. The second-order valence-electron chi connectivity index (χ2n) is 3.11. The molecule has 0 unspecified atom stereocenters. The van der Waals surface area contributed by atoms with Gasteiger partial charge in [0.2, 0.25) is 5.91 Å². The van der Waals surface area contributed by atoms with Gasteiger partial charge >= 0.3 is 0 Å². The maximum atomic E-state index is 11.2. The molecule has 92 valence electrons. The topological polar surface area (TPSA) is 81.9 Å². The molecule has 0 atom stereocenters. The lowest BCUT2D eigenvalue weighted by Crippen LogP contribution is -2.32. The lowest BCUT2D eigenvalue weighted by Gasteiger charge is -2.12. The Morgan fingerprint density at radius 2 is 1.88 bits per heavy atom. The molecule has 1 saturated heterocycles. The van der Waals surface area contributed by atoms with E-state index in [-0.39, 0.29) is 16.9 Å². The van der Waals surface area contributed by atoms with Crippen LogP contribution < -0.4 is 5.73 Å². The van der Waals surface area contributed by atoms with E-state index in [2.05, 4.69) is 0 Å². The average Bonchev–Trinajstić information content (AvgIpc) is 2.59. The average molecular weight is 248 g/mol. The number of nitrogens with zero attached hydrogens (tertiary/aromatic N) is 1. The molecule has 0 aromatic heterocycles. The van der Waals surface area contributed by atoms with Gasteiger partial charge in [-0.1, -0.05) is 11.8 Å². The number of thioether (sulfide) groups is 1. The van der Waals surface area contributed by atoms with E-state index < -0.39 is 0 Å². The van der Waals surface area contributed by atoms with Crippen LogP contribution in [-0.4, -0.2) is 61.3 Å². The van der Waals surface area contributed by atoms with E-state index in [0.29, 0.717) is 39.5 Å². The zero-order chi connectivity index (χ0) is 11.8. The fourth-order valence-electron chi connectivity index (χ4n) is 1.16. The molecule has 16 heavy (non-hydrogen) atoms. The van der Waals surface area contributed by atoms with Gasteiger partial charge in [-0.2, -0.15) is 0 Å². The lowest BCUT2D eigenvalue weighted by molar-refractivity contribution is -0.125. The number of hydrogen-bond donors (Lipinski definition) is 1. The lowest BCUT2D eigenvalue weighted by atomic mass is 10.5. The third kappa shape index (κ3) is 4.48. The van der Waals surface area contributed by atoms with Gasteiger partial charge in [-0.25, -0.2) is 0 Å². The highest BCUT2D eigenvalue weighted by Gasteiger charge is 2.29. The van der Waals surface area contributed by atoms with Crippen molar-refractivity contribution < 1.29 is 19.1 Å². The molecule has 0 aromatic carbocycles. The Morgan fingerprint density at radius 3 is 2.44 bits per heavy atom. The highest BCUT2D eigenvalue weighted by atomic mass is 32.2. The van der Waals surface area contributed by atoms with Crippen LogP contribution in [0.15, 0.2) is 0 Å². The second-order valence-corrected chi connectivity index (χ2v) is 4.04. The molecule has 7 heteroatoms. The smallest absolute Gasteiger partial charge is 0.288 e. The molecule has 0 radical (unpaired) electrons. The number of nitrogens with two attached hydrogens (primary N) is 1. The second kappa shape index (κ2) is 7.61. The first-order valence-corrected chi connectivity index (χ1v) is 6.07. The molecule has 2 N–H and O–H groups in total. The van der Waals surface area contributed by atoms with Crippen LogP contribution in [0.4, 0.5) is 4.79 Å². The summed E-state index contributed by atoms with van der Waals surface area (Å²) in [7, 11) is 0. The highest BCUT2D eigenvalue weighted by molar-refractivity contribution is 8.14. The van der Waals surface area contributed by atoms with Crippen LogP contribution in [0.2, 0.25) is 0 Å². The van der Waals surface area contributed by atoms with Crippen LogP contribution in [0.25, 0.3) is 0 Å².